The minimum atomic E-state index is -0.926. The number of nitrogens with one attached hydrogen (secondary N) is 1. The Labute approximate surface area is 112 Å². The monoisotopic (exact) mass is 287 g/mol. The van der Waals surface area contributed by atoms with Crippen LogP contribution >= 0.6 is 11.6 Å². The molecule has 0 aliphatic rings. The smallest absolute Gasteiger partial charge is 0.347 e. The maximum absolute atomic E-state index is 11.7. The SMILES string of the molecule is CCCNC(=O)c1cc([N+](=O)[O-])c([N+](=O)[O-])cc1Cl. The van der Waals surface area contributed by atoms with Crippen LogP contribution in [0.1, 0.15) is 23.7 Å². The number of benzene rings is 1. The predicted molar refractivity (Wildman–Crippen MR) is 67.4 cm³/mol. The quantitative estimate of drug-likeness (QED) is 0.659. The van der Waals surface area contributed by atoms with Crippen LogP contribution in [-0.2, 0) is 0 Å². The average molecular weight is 288 g/mol. The number of nitro benzene ring substituents is 2. The van der Waals surface area contributed by atoms with Gasteiger partial charge < -0.3 is 5.32 Å². The van der Waals surface area contributed by atoms with Crippen molar-refractivity contribution in [3.63, 3.8) is 0 Å². The van der Waals surface area contributed by atoms with E-state index in [0.29, 0.717) is 13.0 Å². The number of rotatable bonds is 5. The molecule has 0 atom stereocenters. The lowest BCUT2D eigenvalue weighted by Gasteiger charge is -2.05. The summed E-state index contributed by atoms with van der Waals surface area (Å²) in [5.74, 6) is -0.607. The van der Waals surface area contributed by atoms with Crippen LogP contribution in [0.2, 0.25) is 5.02 Å². The molecule has 19 heavy (non-hydrogen) atoms. The number of hydrogen-bond acceptors (Lipinski definition) is 5. The second kappa shape index (κ2) is 6.10. The summed E-state index contributed by atoms with van der Waals surface area (Å²) >= 11 is 5.74. The highest BCUT2D eigenvalue weighted by molar-refractivity contribution is 6.34. The second-order valence-corrected chi connectivity index (χ2v) is 4.00. The lowest BCUT2D eigenvalue weighted by atomic mass is 10.1. The van der Waals surface area contributed by atoms with Gasteiger partial charge in [0.15, 0.2) is 0 Å². The van der Waals surface area contributed by atoms with Gasteiger partial charge in [0.05, 0.1) is 20.4 Å². The molecule has 1 amide bonds. The van der Waals surface area contributed by atoms with Crippen LogP contribution in [0.15, 0.2) is 12.1 Å². The lowest BCUT2D eigenvalue weighted by molar-refractivity contribution is -0.422. The zero-order valence-electron chi connectivity index (χ0n) is 9.88. The molecular formula is C10H10ClN3O5. The molecule has 0 aromatic heterocycles. The van der Waals surface area contributed by atoms with Crippen LogP contribution < -0.4 is 5.32 Å². The molecule has 0 aliphatic carbocycles. The first-order valence-corrected chi connectivity index (χ1v) is 5.66. The fourth-order valence-electron chi connectivity index (χ4n) is 1.35. The zero-order valence-corrected chi connectivity index (χ0v) is 10.6. The molecule has 0 unspecified atom stereocenters. The normalized spacial score (nSPS) is 10.0. The second-order valence-electron chi connectivity index (χ2n) is 3.59. The van der Waals surface area contributed by atoms with Crippen molar-refractivity contribution in [1.29, 1.82) is 0 Å². The van der Waals surface area contributed by atoms with E-state index >= 15 is 0 Å². The van der Waals surface area contributed by atoms with E-state index in [1.165, 1.54) is 0 Å². The Morgan fingerprint density at radius 1 is 1.26 bits per heavy atom. The Balaban J connectivity index is 3.28. The standard InChI is InChI=1S/C10H10ClN3O5/c1-2-3-12-10(15)6-4-8(13(16)17)9(14(18)19)5-7(6)11/h4-5H,2-3H2,1H3,(H,12,15). The molecule has 102 valence electrons. The van der Waals surface area contributed by atoms with E-state index in [1.54, 1.807) is 0 Å². The number of hydrogen-bond donors (Lipinski definition) is 1. The topological polar surface area (TPSA) is 115 Å². The molecule has 0 saturated heterocycles. The Bertz CT molecular complexity index is 546. The van der Waals surface area contributed by atoms with Crippen LogP contribution in [-0.4, -0.2) is 22.3 Å². The van der Waals surface area contributed by atoms with Gasteiger partial charge >= 0.3 is 11.4 Å². The van der Waals surface area contributed by atoms with Gasteiger partial charge in [-0.25, -0.2) is 0 Å². The molecule has 0 fully saturated rings. The molecule has 9 heteroatoms. The van der Waals surface area contributed by atoms with Crippen LogP contribution in [0.3, 0.4) is 0 Å². The van der Waals surface area contributed by atoms with E-state index in [-0.39, 0.29) is 10.6 Å². The van der Waals surface area contributed by atoms with E-state index in [1.807, 2.05) is 6.92 Å². The third kappa shape index (κ3) is 3.38. The molecule has 0 spiro atoms. The average Bonchev–Trinajstić information content (AvgIpc) is 2.34. The van der Waals surface area contributed by atoms with Crippen molar-refractivity contribution in [2.24, 2.45) is 0 Å². The maximum atomic E-state index is 11.7. The van der Waals surface area contributed by atoms with Crippen molar-refractivity contribution in [2.45, 2.75) is 13.3 Å². The zero-order chi connectivity index (χ0) is 14.6. The van der Waals surface area contributed by atoms with Crippen molar-refractivity contribution in [3.05, 3.63) is 42.9 Å². The molecule has 1 aromatic carbocycles. The number of nitro groups is 2. The lowest BCUT2D eigenvalue weighted by Crippen LogP contribution is -2.24. The molecule has 1 aromatic rings. The molecule has 0 bridgehead atoms. The van der Waals surface area contributed by atoms with Gasteiger partial charge in [-0.1, -0.05) is 18.5 Å². The Hall–Kier alpha value is -2.22. The number of carbonyl (C=O) groups is 1. The van der Waals surface area contributed by atoms with Crippen molar-refractivity contribution in [2.75, 3.05) is 6.54 Å². The molecule has 0 heterocycles. The van der Waals surface area contributed by atoms with Crippen LogP contribution in [0.5, 0.6) is 0 Å². The van der Waals surface area contributed by atoms with Gasteiger partial charge in [-0.2, -0.15) is 0 Å². The molecule has 1 rings (SSSR count). The van der Waals surface area contributed by atoms with E-state index in [0.717, 1.165) is 12.1 Å². The first-order chi connectivity index (χ1) is 8.88. The summed E-state index contributed by atoms with van der Waals surface area (Å²) in [6, 6.07) is 1.62. The Kier molecular flexibility index (Phi) is 4.76. The van der Waals surface area contributed by atoms with Gasteiger partial charge in [-0.3, -0.25) is 25.0 Å². The van der Waals surface area contributed by atoms with Gasteiger partial charge in [0, 0.05) is 18.7 Å². The van der Waals surface area contributed by atoms with Crippen LogP contribution in [0.25, 0.3) is 0 Å². The summed E-state index contributed by atoms with van der Waals surface area (Å²) in [6.45, 7) is 2.21. The molecular weight excluding hydrogens is 278 g/mol. The minimum absolute atomic E-state index is 0.160. The molecule has 1 N–H and O–H groups in total. The minimum Gasteiger partial charge on any atom is -0.352 e. The summed E-state index contributed by atoms with van der Waals surface area (Å²) in [4.78, 5) is 31.3. The predicted octanol–water partition coefficient (Wildman–Crippen LogP) is 2.30. The number of halogens is 1. The van der Waals surface area contributed by atoms with Crippen molar-refractivity contribution < 1.29 is 14.6 Å². The van der Waals surface area contributed by atoms with E-state index in [9.17, 15) is 25.0 Å². The highest BCUT2D eigenvalue weighted by atomic mass is 35.5. The largest absolute Gasteiger partial charge is 0.352 e. The van der Waals surface area contributed by atoms with E-state index < -0.39 is 27.1 Å². The van der Waals surface area contributed by atoms with Crippen molar-refractivity contribution >= 4 is 28.9 Å². The Morgan fingerprint density at radius 2 is 1.79 bits per heavy atom. The first kappa shape index (κ1) is 14.8. The summed E-state index contributed by atoms with van der Waals surface area (Å²) in [6.07, 6.45) is 0.679. The molecule has 0 aliphatic heterocycles. The van der Waals surface area contributed by atoms with Crippen LogP contribution in [0.4, 0.5) is 11.4 Å². The summed E-state index contributed by atoms with van der Waals surface area (Å²) in [5.41, 5.74) is -1.68. The fourth-order valence-corrected chi connectivity index (χ4v) is 1.60. The van der Waals surface area contributed by atoms with Gasteiger partial charge in [0.25, 0.3) is 5.91 Å². The van der Waals surface area contributed by atoms with Gasteiger partial charge in [0.1, 0.15) is 0 Å². The van der Waals surface area contributed by atoms with Crippen molar-refractivity contribution in [1.82, 2.24) is 5.32 Å². The summed E-state index contributed by atoms with van der Waals surface area (Å²) < 4.78 is 0. The number of nitrogens with zero attached hydrogens (tertiary/aromatic N) is 2. The summed E-state index contributed by atoms with van der Waals surface area (Å²) in [7, 11) is 0. The van der Waals surface area contributed by atoms with Crippen LogP contribution in [0, 0.1) is 20.2 Å². The Morgan fingerprint density at radius 3 is 2.26 bits per heavy atom. The van der Waals surface area contributed by atoms with Gasteiger partial charge in [-0.15, -0.1) is 0 Å². The number of amides is 1. The van der Waals surface area contributed by atoms with Gasteiger partial charge in [0.2, 0.25) is 0 Å². The highest BCUT2D eigenvalue weighted by Gasteiger charge is 2.28. The fraction of sp³-hybridized carbons (Fsp3) is 0.300. The highest BCUT2D eigenvalue weighted by Crippen LogP contribution is 2.32. The first-order valence-electron chi connectivity index (χ1n) is 5.29. The van der Waals surface area contributed by atoms with E-state index in [4.69, 9.17) is 11.6 Å². The maximum Gasteiger partial charge on any atom is 0.347 e. The third-order valence-corrected chi connectivity index (χ3v) is 2.55. The molecule has 0 saturated carbocycles. The molecule has 0 radical (unpaired) electrons. The third-order valence-electron chi connectivity index (χ3n) is 2.24. The van der Waals surface area contributed by atoms with E-state index in [2.05, 4.69) is 5.32 Å². The number of carbonyl (C=O) groups excluding carboxylic acids is 1. The summed E-state index contributed by atoms with van der Waals surface area (Å²) in [5, 5.41) is 23.7. The van der Waals surface area contributed by atoms with Crippen molar-refractivity contribution in [3.8, 4) is 0 Å². The molecule has 8 nitrogen and oxygen atoms in total. The van der Waals surface area contributed by atoms with Gasteiger partial charge in [-0.05, 0) is 6.42 Å².